The van der Waals surface area contributed by atoms with E-state index in [4.69, 9.17) is 4.84 Å². The van der Waals surface area contributed by atoms with E-state index in [0.29, 0.717) is 45.7 Å². The molecule has 0 spiro atoms. The third kappa shape index (κ3) is 3.33. The molecule has 30 heavy (non-hydrogen) atoms. The van der Waals surface area contributed by atoms with Crippen LogP contribution < -0.4 is 0 Å². The summed E-state index contributed by atoms with van der Waals surface area (Å²) in [6.45, 7) is 3.24. The molecule has 0 unspecified atom stereocenters. The number of H-pyrrole nitrogens is 1. The predicted molar refractivity (Wildman–Crippen MR) is 111 cm³/mol. The first-order valence-electron chi connectivity index (χ1n) is 9.92. The van der Waals surface area contributed by atoms with Gasteiger partial charge in [-0.25, -0.2) is 13.8 Å². The third-order valence-corrected chi connectivity index (χ3v) is 5.50. The van der Waals surface area contributed by atoms with Gasteiger partial charge in [-0.3, -0.25) is 4.90 Å². The Morgan fingerprint density at radius 2 is 1.87 bits per heavy atom. The highest BCUT2D eigenvalue weighted by Gasteiger charge is 2.30. The molecule has 1 aromatic heterocycles. The number of nitrogens with one attached hydrogen (secondary N) is 1. The second-order valence-electron chi connectivity index (χ2n) is 7.48. The number of likely N-dealkylation sites (tertiary alicyclic amines) is 1. The number of aliphatic imine (C=N–C) groups is 1. The van der Waals surface area contributed by atoms with Crippen LogP contribution in [0.1, 0.15) is 24.0 Å². The summed E-state index contributed by atoms with van der Waals surface area (Å²) in [5.41, 5.74) is 2.47. The molecular formula is C22H20F2N4O2. The van der Waals surface area contributed by atoms with Gasteiger partial charge < -0.3 is 14.9 Å². The van der Waals surface area contributed by atoms with Crippen LogP contribution >= 0.6 is 0 Å². The van der Waals surface area contributed by atoms with E-state index in [0.717, 1.165) is 19.6 Å². The van der Waals surface area contributed by atoms with Gasteiger partial charge in [0.2, 0.25) is 0 Å². The molecule has 2 N–H and O–H groups in total. The van der Waals surface area contributed by atoms with Crippen molar-refractivity contribution in [3.8, 4) is 5.88 Å². The molecular weight excluding hydrogens is 390 g/mol. The smallest absolute Gasteiger partial charge is 0.199 e. The average Bonchev–Trinajstić information content (AvgIpc) is 3.42. The number of aromatic nitrogens is 1. The van der Waals surface area contributed by atoms with Gasteiger partial charge in [-0.05, 0) is 62.3 Å². The molecule has 0 aliphatic carbocycles. The van der Waals surface area contributed by atoms with Crippen LogP contribution in [-0.2, 0) is 4.84 Å². The third-order valence-electron chi connectivity index (χ3n) is 5.50. The second-order valence-corrected chi connectivity index (χ2v) is 7.48. The van der Waals surface area contributed by atoms with E-state index in [1.807, 2.05) is 0 Å². The molecule has 0 atom stereocenters. The van der Waals surface area contributed by atoms with E-state index in [1.165, 1.54) is 37.1 Å². The van der Waals surface area contributed by atoms with Crippen molar-refractivity contribution < 1.29 is 18.7 Å². The fourth-order valence-electron chi connectivity index (χ4n) is 4.04. The first kappa shape index (κ1) is 18.7. The molecule has 154 valence electrons. The minimum Gasteiger partial charge on any atom is -0.494 e. The normalized spacial score (nSPS) is 17.7. The Bertz CT molecular complexity index is 1180. The van der Waals surface area contributed by atoms with Crippen molar-refractivity contribution in [1.82, 2.24) is 9.88 Å². The topological polar surface area (TPSA) is 73.2 Å². The second kappa shape index (κ2) is 7.53. The van der Waals surface area contributed by atoms with E-state index in [-0.39, 0.29) is 5.88 Å². The highest BCUT2D eigenvalue weighted by Crippen LogP contribution is 2.36. The van der Waals surface area contributed by atoms with Crippen molar-refractivity contribution in [3.05, 3.63) is 59.2 Å². The van der Waals surface area contributed by atoms with Crippen molar-refractivity contribution in [2.75, 3.05) is 26.2 Å². The lowest BCUT2D eigenvalue weighted by molar-refractivity contribution is 0.119. The Hall–Kier alpha value is -3.26. The molecule has 1 saturated heterocycles. The summed E-state index contributed by atoms with van der Waals surface area (Å²) in [5, 5.41) is 15.2. The number of oxime groups is 1. The van der Waals surface area contributed by atoms with Crippen LogP contribution in [0.2, 0.25) is 0 Å². The number of nitrogens with zero attached hydrogens (tertiary/aromatic N) is 3. The lowest BCUT2D eigenvalue weighted by Gasteiger charge is -2.13. The summed E-state index contributed by atoms with van der Waals surface area (Å²) in [7, 11) is 0. The highest BCUT2D eigenvalue weighted by molar-refractivity contribution is 6.58. The Kier molecular flexibility index (Phi) is 4.71. The Labute approximate surface area is 171 Å². The van der Waals surface area contributed by atoms with Gasteiger partial charge >= 0.3 is 0 Å². The van der Waals surface area contributed by atoms with Gasteiger partial charge in [0.25, 0.3) is 0 Å². The molecule has 0 radical (unpaired) electrons. The van der Waals surface area contributed by atoms with Gasteiger partial charge in [0.1, 0.15) is 29.7 Å². The molecule has 0 saturated carbocycles. The van der Waals surface area contributed by atoms with Crippen molar-refractivity contribution >= 4 is 28.0 Å². The largest absolute Gasteiger partial charge is 0.494 e. The molecule has 2 aliphatic rings. The molecule has 3 aromatic rings. The zero-order chi connectivity index (χ0) is 20.7. The number of rotatable bonds is 5. The van der Waals surface area contributed by atoms with Crippen molar-refractivity contribution in [2.45, 2.75) is 12.8 Å². The van der Waals surface area contributed by atoms with E-state index in [9.17, 15) is 13.9 Å². The molecule has 0 amide bonds. The molecule has 0 bridgehead atoms. The fraction of sp³-hybridized carbons (Fsp3) is 0.273. The average molecular weight is 410 g/mol. The van der Waals surface area contributed by atoms with E-state index in [1.54, 1.807) is 12.1 Å². The van der Waals surface area contributed by atoms with Gasteiger partial charge in [0.05, 0.1) is 11.3 Å². The quantitative estimate of drug-likeness (QED) is 0.491. The molecule has 2 aromatic carbocycles. The lowest BCUT2D eigenvalue weighted by Crippen LogP contribution is -2.23. The summed E-state index contributed by atoms with van der Waals surface area (Å²) in [6, 6.07) is 8.36. The number of fused-ring (bicyclic) bond motifs is 2. The Morgan fingerprint density at radius 1 is 1.10 bits per heavy atom. The van der Waals surface area contributed by atoms with E-state index >= 15 is 0 Å². The summed E-state index contributed by atoms with van der Waals surface area (Å²) in [5.74, 6) is -1.03. The standard InChI is InChI=1S/C22H20F2N4O2/c23-13-3-5-17-15(11-13)19(22(29)26-17)21-20(16-12-14(24)4-6-18(16)25-21)27-30-10-9-28-7-1-2-8-28/h3-6,11-12,26,29H,1-2,7-10H2/b27-20+. The number of aromatic amines is 1. The van der Waals surface area contributed by atoms with Crippen molar-refractivity contribution in [2.24, 2.45) is 10.1 Å². The van der Waals surface area contributed by atoms with Crippen LogP contribution in [0.3, 0.4) is 0 Å². The van der Waals surface area contributed by atoms with Gasteiger partial charge in [0.15, 0.2) is 5.88 Å². The number of halogens is 2. The van der Waals surface area contributed by atoms with Crippen LogP contribution in [0.5, 0.6) is 5.88 Å². The minimum absolute atomic E-state index is 0.160. The molecule has 5 rings (SSSR count). The monoisotopic (exact) mass is 410 g/mol. The van der Waals surface area contributed by atoms with Crippen LogP contribution in [-0.4, -0.2) is 52.7 Å². The zero-order valence-corrected chi connectivity index (χ0v) is 16.2. The first-order valence-corrected chi connectivity index (χ1v) is 9.92. The predicted octanol–water partition coefficient (Wildman–Crippen LogP) is 4.10. The summed E-state index contributed by atoms with van der Waals surface area (Å²) in [4.78, 5) is 15.2. The summed E-state index contributed by atoms with van der Waals surface area (Å²) in [6.07, 6.45) is 2.38. The maximum Gasteiger partial charge on any atom is 0.199 e. The highest BCUT2D eigenvalue weighted by atomic mass is 19.1. The summed E-state index contributed by atoms with van der Waals surface area (Å²) >= 11 is 0. The fourth-order valence-corrected chi connectivity index (χ4v) is 4.04. The number of hydrogen-bond acceptors (Lipinski definition) is 5. The van der Waals surface area contributed by atoms with Crippen LogP contribution in [0, 0.1) is 11.6 Å². The van der Waals surface area contributed by atoms with Gasteiger partial charge in [-0.15, -0.1) is 0 Å². The SMILES string of the molecule is Oc1[nH]c2ccc(F)cc2c1C1=Nc2ccc(F)cc2/C1=N\OCCN1CCCC1. The Balaban J connectivity index is 1.52. The molecule has 3 heterocycles. The summed E-state index contributed by atoms with van der Waals surface area (Å²) < 4.78 is 27.8. The maximum absolute atomic E-state index is 13.9. The lowest BCUT2D eigenvalue weighted by atomic mass is 10.0. The molecule has 1 fully saturated rings. The number of hydrogen-bond donors (Lipinski definition) is 2. The van der Waals surface area contributed by atoms with Gasteiger partial charge in [0, 0.05) is 23.0 Å². The minimum atomic E-state index is -0.440. The molecule has 6 nitrogen and oxygen atoms in total. The van der Waals surface area contributed by atoms with E-state index < -0.39 is 11.6 Å². The zero-order valence-electron chi connectivity index (χ0n) is 16.2. The maximum atomic E-state index is 13.9. The molecule has 2 aliphatic heterocycles. The van der Waals surface area contributed by atoms with Crippen LogP contribution in [0.15, 0.2) is 46.5 Å². The number of aromatic hydroxyl groups is 1. The Morgan fingerprint density at radius 3 is 2.70 bits per heavy atom. The molecule has 8 heteroatoms. The van der Waals surface area contributed by atoms with Crippen molar-refractivity contribution in [1.29, 1.82) is 0 Å². The first-order chi connectivity index (χ1) is 14.6. The van der Waals surface area contributed by atoms with Gasteiger partial charge in [-0.1, -0.05) is 5.16 Å². The van der Waals surface area contributed by atoms with E-state index in [2.05, 4.69) is 20.0 Å². The van der Waals surface area contributed by atoms with Crippen molar-refractivity contribution in [3.63, 3.8) is 0 Å². The van der Waals surface area contributed by atoms with Crippen LogP contribution in [0.25, 0.3) is 10.9 Å². The number of benzene rings is 2. The van der Waals surface area contributed by atoms with Crippen LogP contribution in [0.4, 0.5) is 14.5 Å². The van der Waals surface area contributed by atoms with Gasteiger partial charge in [-0.2, -0.15) is 0 Å².